The van der Waals surface area contributed by atoms with Crippen molar-refractivity contribution in [2.24, 2.45) is 0 Å². The van der Waals surface area contributed by atoms with Crippen LogP contribution < -0.4 is 5.73 Å². The lowest BCUT2D eigenvalue weighted by atomic mass is 10.4. The maximum atomic E-state index is 5.80. The van der Waals surface area contributed by atoms with Crippen LogP contribution in [0.15, 0.2) is 50.7 Å². The monoisotopic (exact) mass is 274 g/mol. The average molecular weight is 274 g/mol. The fraction of sp³-hybridized carbons (Fsp3) is 0.0833. The molecule has 0 fully saturated rings. The van der Waals surface area contributed by atoms with Crippen molar-refractivity contribution in [2.45, 2.75) is 10.6 Å². The molecule has 3 aromatic rings. The molecule has 0 aliphatic heterocycles. The summed E-state index contributed by atoms with van der Waals surface area (Å²) >= 11 is 1.53. The Morgan fingerprint density at radius 1 is 1.32 bits per heavy atom. The van der Waals surface area contributed by atoms with Gasteiger partial charge in [-0.05, 0) is 18.2 Å². The second-order valence-corrected chi connectivity index (χ2v) is 4.71. The molecule has 96 valence electrons. The van der Waals surface area contributed by atoms with Crippen molar-refractivity contribution in [3.05, 3.63) is 42.7 Å². The van der Waals surface area contributed by atoms with Gasteiger partial charge in [0.1, 0.15) is 0 Å². The number of pyridine rings is 1. The molecule has 2 N–H and O–H groups in total. The molecule has 0 radical (unpaired) electrons. The van der Waals surface area contributed by atoms with Crippen LogP contribution in [0.4, 0.5) is 5.69 Å². The average Bonchev–Trinajstić information content (AvgIpc) is 3.09. The van der Waals surface area contributed by atoms with Crippen LogP contribution in [0.2, 0.25) is 0 Å². The standard InChI is InChI=1S/C12H10N4O2S/c13-8-6-14-4-3-10(8)19-7-11-15-12(18-16-11)9-2-1-5-17-9/h1-6H,7,13H2. The molecule has 0 aromatic carbocycles. The minimum absolute atomic E-state index is 0.378. The molecule has 0 amide bonds. The maximum Gasteiger partial charge on any atom is 0.293 e. The van der Waals surface area contributed by atoms with Gasteiger partial charge in [-0.2, -0.15) is 4.98 Å². The Hall–Kier alpha value is -2.28. The summed E-state index contributed by atoms with van der Waals surface area (Å²) in [6.45, 7) is 0. The molecular formula is C12H10N4O2S. The third-order valence-corrected chi connectivity index (χ3v) is 3.45. The van der Waals surface area contributed by atoms with E-state index < -0.39 is 0 Å². The first-order valence-corrected chi connectivity index (χ1v) is 6.50. The second-order valence-electron chi connectivity index (χ2n) is 3.70. The number of aromatic nitrogens is 3. The van der Waals surface area contributed by atoms with E-state index >= 15 is 0 Å². The number of hydrogen-bond acceptors (Lipinski definition) is 7. The number of nitrogens with two attached hydrogens (primary N) is 1. The Kier molecular flexibility index (Phi) is 3.20. The van der Waals surface area contributed by atoms with Crippen LogP contribution >= 0.6 is 11.8 Å². The van der Waals surface area contributed by atoms with E-state index in [0.717, 1.165) is 4.90 Å². The number of hydrogen-bond donors (Lipinski definition) is 1. The fourth-order valence-electron chi connectivity index (χ4n) is 1.48. The van der Waals surface area contributed by atoms with Crippen LogP contribution in [-0.2, 0) is 5.75 Å². The highest BCUT2D eigenvalue weighted by molar-refractivity contribution is 7.98. The highest BCUT2D eigenvalue weighted by atomic mass is 32.2. The molecule has 0 aliphatic carbocycles. The Morgan fingerprint density at radius 2 is 2.26 bits per heavy atom. The molecule has 0 atom stereocenters. The Bertz CT molecular complexity index is 666. The largest absolute Gasteiger partial charge is 0.459 e. The molecule has 3 rings (SSSR count). The summed E-state index contributed by atoms with van der Waals surface area (Å²) < 4.78 is 10.3. The molecule has 3 heterocycles. The number of furan rings is 1. The summed E-state index contributed by atoms with van der Waals surface area (Å²) in [4.78, 5) is 9.13. The molecular weight excluding hydrogens is 264 g/mol. The van der Waals surface area contributed by atoms with Crippen LogP contribution in [0, 0.1) is 0 Å². The summed E-state index contributed by atoms with van der Waals surface area (Å²) in [7, 11) is 0. The smallest absolute Gasteiger partial charge is 0.293 e. The van der Waals surface area contributed by atoms with Crippen LogP contribution in [0.5, 0.6) is 0 Å². The zero-order chi connectivity index (χ0) is 13.1. The van der Waals surface area contributed by atoms with E-state index in [0.29, 0.717) is 28.9 Å². The van der Waals surface area contributed by atoms with Crippen molar-refractivity contribution in [3.63, 3.8) is 0 Å². The first kappa shape index (κ1) is 11.8. The number of thioether (sulfide) groups is 1. The molecule has 0 saturated heterocycles. The quantitative estimate of drug-likeness (QED) is 0.731. The van der Waals surface area contributed by atoms with Crippen molar-refractivity contribution >= 4 is 17.4 Å². The van der Waals surface area contributed by atoms with E-state index in [1.165, 1.54) is 11.8 Å². The van der Waals surface area contributed by atoms with Gasteiger partial charge in [0.05, 0.1) is 23.9 Å². The van der Waals surface area contributed by atoms with Crippen LogP contribution in [-0.4, -0.2) is 15.1 Å². The van der Waals surface area contributed by atoms with Crippen LogP contribution in [0.3, 0.4) is 0 Å². The van der Waals surface area contributed by atoms with Gasteiger partial charge in [0, 0.05) is 11.1 Å². The van der Waals surface area contributed by atoms with Crippen molar-refractivity contribution < 1.29 is 8.94 Å². The normalized spacial score (nSPS) is 10.7. The minimum Gasteiger partial charge on any atom is -0.459 e. The van der Waals surface area contributed by atoms with Crippen molar-refractivity contribution in [1.82, 2.24) is 15.1 Å². The van der Waals surface area contributed by atoms with E-state index in [1.54, 1.807) is 30.8 Å². The summed E-state index contributed by atoms with van der Waals surface area (Å²) in [5, 5.41) is 3.89. The van der Waals surface area contributed by atoms with Gasteiger partial charge in [-0.1, -0.05) is 5.16 Å². The summed E-state index contributed by atoms with van der Waals surface area (Å²) in [5.74, 6) is 2.10. The zero-order valence-electron chi connectivity index (χ0n) is 9.81. The van der Waals surface area contributed by atoms with Gasteiger partial charge in [-0.15, -0.1) is 11.8 Å². The lowest BCUT2D eigenvalue weighted by Gasteiger charge is -2.01. The highest BCUT2D eigenvalue weighted by Gasteiger charge is 2.11. The number of nitrogen functional groups attached to an aromatic ring is 1. The summed E-state index contributed by atoms with van der Waals surface area (Å²) in [5.41, 5.74) is 6.45. The molecule has 0 saturated carbocycles. The van der Waals surface area contributed by atoms with Crippen molar-refractivity contribution in [2.75, 3.05) is 5.73 Å². The molecule has 3 aromatic heterocycles. The van der Waals surface area contributed by atoms with Gasteiger partial charge < -0.3 is 14.7 Å². The van der Waals surface area contributed by atoms with Gasteiger partial charge in [0.15, 0.2) is 11.6 Å². The first-order valence-electron chi connectivity index (χ1n) is 5.51. The predicted molar refractivity (Wildman–Crippen MR) is 70.2 cm³/mol. The van der Waals surface area contributed by atoms with E-state index in [4.69, 9.17) is 14.7 Å². The first-order chi connectivity index (χ1) is 9.33. The molecule has 19 heavy (non-hydrogen) atoms. The molecule has 0 unspecified atom stereocenters. The third-order valence-electron chi connectivity index (χ3n) is 2.37. The topological polar surface area (TPSA) is 91.0 Å². The van der Waals surface area contributed by atoms with Gasteiger partial charge >= 0.3 is 0 Å². The molecule has 6 nitrogen and oxygen atoms in total. The minimum atomic E-state index is 0.378. The van der Waals surface area contributed by atoms with Gasteiger partial charge in [-0.25, -0.2) is 0 Å². The summed E-state index contributed by atoms with van der Waals surface area (Å²) in [6.07, 6.45) is 4.88. The number of nitrogens with zero attached hydrogens (tertiary/aromatic N) is 3. The predicted octanol–water partition coefficient (Wildman–Crippen LogP) is 2.60. The lowest BCUT2D eigenvalue weighted by molar-refractivity contribution is 0.411. The lowest BCUT2D eigenvalue weighted by Crippen LogP contribution is -1.90. The van der Waals surface area contributed by atoms with E-state index in [2.05, 4.69) is 15.1 Å². The molecule has 0 spiro atoms. The fourth-order valence-corrected chi connectivity index (χ4v) is 2.26. The number of rotatable bonds is 4. The second kappa shape index (κ2) is 5.15. The van der Waals surface area contributed by atoms with Crippen molar-refractivity contribution in [3.8, 4) is 11.7 Å². The van der Waals surface area contributed by atoms with E-state index in [1.807, 2.05) is 6.07 Å². The van der Waals surface area contributed by atoms with Gasteiger partial charge in [0.2, 0.25) is 0 Å². The van der Waals surface area contributed by atoms with Crippen LogP contribution in [0.1, 0.15) is 5.82 Å². The van der Waals surface area contributed by atoms with Gasteiger partial charge in [0.25, 0.3) is 5.89 Å². The summed E-state index contributed by atoms with van der Waals surface area (Å²) in [6, 6.07) is 5.39. The Balaban J connectivity index is 1.70. The SMILES string of the molecule is Nc1cnccc1SCc1noc(-c2ccco2)n1. The van der Waals surface area contributed by atoms with E-state index in [9.17, 15) is 0 Å². The Morgan fingerprint density at radius 3 is 3.05 bits per heavy atom. The molecule has 0 bridgehead atoms. The number of anilines is 1. The zero-order valence-corrected chi connectivity index (χ0v) is 10.6. The third kappa shape index (κ3) is 2.60. The molecule has 7 heteroatoms. The van der Waals surface area contributed by atoms with Crippen LogP contribution in [0.25, 0.3) is 11.7 Å². The molecule has 0 aliphatic rings. The van der Waals surface area contributed by atoms with E-state index in [-0.39, 0.29) is 0 Å². The van der Waals surface area contributed by atoms with Gasteiger partial charge in [-0.3, -0.25) is 4.98 Å². The maximum absolute atomic E-state index is 5.80. The van der Waals surface area contributed by atoms with Crippen molar-refractivity contribution in [1.29, 1.82) is 0 Å². The highest BCUT2D eigenvalue weighted by Crippen LogP contribution is 2.27. The Labute approximate surface area is 113 Å².